The molecule has 110 valence electrons. The summed E-state index contributed by atoms with van der Waals surface area (Å²) >= 11 is 5.85. The highest BCUT2D eigenvalue weighted by Gasteiger charge is 2.22. The van der Waals surface area contributed by atoms with E-state index in [9.17, 15) is 4.79 Å². The Morgan fingerprint density at radius 2 is 2.25 bits per heavy atom. The molecule has 1 aliphatic rings. The minimum absolute atomic E-state index is 0.0246. The summed E-state index contributed by atoms with van der Waals surface area (Å²) in [5, 5.41) is 3.35. The van der Waals surface area contributed by atoms with Crippen LogP contribution in [0.1, 0.15) is 6.92 Å². The molecule has 3 N–H and O–H groups in total. The predicted molar refractivity (Wildman–Crippen MR) is 83.0 cm³/mol. The molecular formula is C14H21ClN4O. The van der Waals surface area contributed by atoms with Crippen LogP contribution in [0.3, 0.4) is 0 Å². The Kier molecular flexibility index (Phi) is 4.86. The van der Waals surface area contributed by atoms with Crippen LogP contribution in [-0.4, -0.2) is 55.0 Å². The molecule has 1 aromatic carbocycles. The first-order chi connectivity index (χ1) is 9.45. The topological polar surface area (TPSA) is 61.6 Å². The summed E-state index contributed by atoms with van der Waals surface area (Å²) < 4.78 is 0. The average molecular weight is 297 g/mol. The molecule has 0 aliphatic carbocycles. The molecule has 1 atom stereocenters. The summed E-state index contributed by atoms with van der Waals surface area (Å²) in [5.41, 5.74) is 6.86. The molecule has 5 nitrogen and oxygen atoms in total. The molecule has 1 aromatic rings. The van der Waals surface area contributed by atoms with Crippen LogP contribution in [0.15, 0.2) is 18.2 Å². The fourth-order valence-corrected chi connectivity index (χ4v) is 2.41. The molecule has 1 aliphatic heterocycles. The molecule has 0 spiro atoms. The number of nitrogen functional groups attached to an aromatic ring is 1. The number of benzene rings is 1. The molecule has 1 saturated heterocycles. The van der Waals surface area contributed by atoms with Crippen LogP contribution >= 0.6 is 11.6 Å². The Hall–Kier alpha value is -1.30. The number of anilines is 2. The van der Waals surface area contributed by atoms with Gasteiger partial charge in [-0.15, -0.1) is 0 Å². The van der Waals surface area contributed by atoms with Crippen LogP contribution in [0.25, 0.3) is 0 Å². The van der Waals surface area contributed by atoms with Gasteiger partial charge in [0.05, 0.1) is 17.3 Å². The number of nitrogens with zero attached hydrogens (tertiary/aromatic N) is 2. The summed E-state index contributed by atoms with van der Waals surface area (Å²) in [7, 11) is 2.11. The highest BCUT2D eigenvalue weighted by atomic mass is 35.5. The zero-order chi connectivity index (χ0) is 14.7. The first-order valence-corrected chi connectivity index (χ1v) is 7.11. The largest absolute Gasteiger partial charge is 0.397 e. The molecule has 1 heterocycles. The number of amides is 1. The highest BCUT2D eigenvalue weighted by Crippen LogP contribution is 2.22. The number of carbonyl (C=O) groups is 1. The van der Waals surface area contributed by atoms with Gasteiger partial charge < -0.3 is 16.0 Å². The first-order valence-electron chi connectivity index (χ1n) is 6.73. The number of hydrogen-bond donors (Lipinski definition) is 2. The Morgan fingerprint density at radius 1 is 1.50 bits per heavy atom. The molecular weight excluding hydrogens is 276 g/mol. The Labute approximate surface area is 124 Å². The van der Waals surface area contributed by atoms with E-state index in [0.717, 1.165) is 19.6 Å². The molecule has 6 heteroatoms. The van der Waals surface area contributed by atoms with E-state index in [-0.39, 0.29) is 5.91 Å². The molecule has 0 aromatic heterocycles. The second kappa shape index (κ2) is 6.43. The van der Waals surface area contributed by atoms with Crippen molar-refractivity contribution in [2.45, 2.75) is 13.0 Å². The van der Waals surface area contributed by atoms with Gasteiger partial charge >= 0.3 is 0 Å². The van der Waals surface area contributed by atoms with Crippen LogP contribution in [0.4, 0.5) is 11.4 Å². The van der Waals surface area contributed by atoms with Crippen molar-refractivity contribution in [2.75, 3.05) is 44.3 Å². The predicted octanol–water partition coefficient (Wildman–Crippen LogP) is 1.50. The minimum Gasteiger partial charge on any atom is -0.397 e. The SMILES string of the molecule is CC1CN(CC(=O)Nc2ccc(Cl)c(N)c2)CCN1C. The maximum atomic E-state index is 12.0. The summed E-state index contributed by atoms with van der Waals surface area (Å²) in [4.78, 5) is 16.5. The van der Waals surface area contributed by atoms with Gasteiger partial charge in [-0.1, -0.05) is 11.6 Å². The fourth-order valence-electron chi connectivity index (χ4n) is 2.29. The van der Waals surface area contributed by atoms with Gasteiger partial charge in [0, 0.05) is 31.4 Å². The van der Waals surface area contributed by atoms with E-state index in [1.165, 1.54) is 0 Å². The Bertz CT molecular complexity index is 494. The second-order valence-corrected chi connectivity index (χ2v) is 5.76. The van der Waals surface area contributed by atoms with E-state index < -0.39 is 0 Å². The van der Waals surface area contributed by atoms with E-state index in [0.29, 0.717) is 29.0 Å². The number of hydrogen-bond acceptors (Lipinski definition) is 4. The van der Waals surface area contributed by atoms with Crippen molar-refractivity contribution in [3.63, 3.8) is 0 Å². The lowest BCUT2D eigenvalue weighted by Crippen LogP contribution is -2.51. The third-order valence-electron chi connectivity index (χ3n) is 3.69. The van der Waals surface area contributed by atoms with E-state index in [2.05, 4.69) is 29.1 Å². The smallest absolute Gasteiger partial charge is 0.238 e. The number of nitrogens with two attached hydrogens (primary N) is 1. The standard InChI is InChI=1S/C14H21ClN4O/c1-10-8-19(6-5-18(10)2)9-14(20)17-11-3-4-12(15)13(16)7-11/h3-4,7,10H,5-6,8-9,16H2,1-2H3,(H,17,20). The van der Waals surface area contributed by atoms with Crippen molar-refractivity contribution in [3.8, 4) is 0 Å². The Balaban J connectivity index is 1.87. The van der Waals surface area contributed by atoms with Crippen LogP contribution in [0.2, 0.25) is 5.02 Å². The molecule has 1 fully saturated rings. The number of likely N-dealkylation sites (N-methyl/N-ethyl adjacent to an activating group) is 1. The van der Waals surface area contributed by atoms with E-state index in [1.807, 2.05) is 0 Å². The monoisotopic (exact) mass is 296 g/mol. The number of nitrogens with one attached hydrogen (secondary N) is 1. The third kappa shape index (κ3) is 3.85. The summed E-state index contributed by atoms with van der Waals surface area (Å²) in [6.45, 7) is 5.39. The quantitative estimate of drug-likeness (QED) is 0.830. The third-order valence-corrected chi connectivity index (χ3v) is 4.03. The Morgan fingerprint density at radius 3 is 2.90 bits per heavy atom. The highest BCUT2D eigenvalue weighted by molar-refractivity contribution is 6.33. The zero-order valence-corrected chi connectivity index (χ0v) is 12.7. The lowest BCUT2D eigenvalue weighted by molar-refractivity contribution is -0.117. The maximum Gasteiger partial charge on any atom is 0.238 e. The van der Waals surface area contributed by atoms with E-state index >= 15 is 0 Å². The minimum atomic E-state index is -0.0246. The van der Waals surface area contributed by atoms with Crippen molar-refractivity contribution in [3.05, 3.63) is 23.2 Å². The van der Waals surface area contributed by atoms with Crippen LogP contribution < -0.4 is 11.1 Å². The molecule has 0 radical (unpaired) electrons. The van der Waals surface area contributed by atoms with Gasteiger partial charge in [-0.25, -0.2) is 0 Å². The van der Waals surface area contributed by atoms with Crippen molar-refractivity contribution in [1.82, 2.24) is 9.80 Å². The van der Waals surface area contributed by atoms with Crippen LogP contribution in [0.5, 0.6) is 0 Å². The summed E-state index contributed by atoms with van der Waals surface area (Å²) in [5.74, 6) is -0.0246. The molecule has 1 unspecified atom stereocenters. The number of piperazine rings is 1. The average Bonchev–Trinajstić information content (AvgIpc) is 2.38. The first kappa shape index (κ1) is 15.1. The van der Waals surface area contributed by atoms with Gasteiger partial charge in [0.2, 0.25) is 5.91 Å². The maximum absolute atomic E-state index is 12.0. The van der Waals surface area contributed by atoms with Crippen LogP contribution in [-0.2, 0) is 4.79 Å². The lowest BCUT2D eigenvalue weighted by atomic mass is 10.2. The number of carbonyl (C=O) groups excluding carboxylic acids is 1. The van der Waals surface area contributed by atoms with Gasteiger partial charge in [0.15, 0.2) is 0 Å². The van der Waals surface area contributed by atoms with Gasteiger partial charge in [0.1, 0.15) is 0 Å². The summed E-state index contributed by atoms with van der Waals surface area (Å²) in [6.07, 6.45) is 0. The number of rotatable bonds is 3. The fraction of sp³-hybridized carbons (Fsp3) is 0.500. The van der Waals surface area contributed by atoms with Crippen molar-refractivity contribution < 1.29 is 4.79 Å². The van der Waals surface area contributed by atoms with Crippen molar-refractivity contribution in [2.24, 2.45) is 0 Å². The van der Waals surface area contributed by atoms with E-state index in [4.69, 9.17) is 17.3 Å². The lowest BCUT2D eigenvalue weighted by Gasteiger charge is -2.37. The molecule has 2 rings (SSSR count). The van der Waals surface area contributed by atoms with Crippen molar-refractivity contribution >= 4 is 28.9 Å². The van der Waals surface area contributed by atoms with Gasteiger partial charge in [-0.05, 0) is 32.2 Å². The zero-order valence-electron chi connectivity index (χ0n) is 11.9. The molecule has 1 amide bonds. The summed E-state index contributed by atoms with van der Waals surface area (Å²) in [6, 6.07) is 5.59. The second-order valence-electron chi connectivity index (χ2n) is 5.35. The molecule has 20 heavy (non-hydrogen) atoms. The van der Waals surface area contributed by atoms with E-state index in [1.54, 1.807) is 18.2 Å². The molecule has 0 bridgehead atoms. The normalized spacial score (nSPS) is 20.9. The van der Waals surface area contributed by atoms with Gasteiger partial charge in [-0.3, -0.25) is 9.69 Å². The molecule has 0 saturated carbocycles. The van der Waals surface area contributed by atoms with Crippen molar-refractivity contribution in [1.29, 1.82) is 0 Å². The van der Waals surface area contributed by atoms with Gasteiger partial charge in [0.25, 0.3) is 0 Å². The number of halogens is 1. The van der Waals surface area contributed by atoms with Crippen LogP contribution in [0, 0.1) is 0 Å². The van der Waals surface area contributed by atoms with Gasteiger partial charge in [-0.2, -0.15) is 0 Å².